The zero-order valence-corrected chi connectivity index (χ0v) is 17.7. The highest BCUT2D eigenvalue weighted by molar-refractivity contribution is 9.10. The topological polar surface area (TPSA) is 124 Å². The second-order valence-electron chi connectivity index (χ2n) is 6.40. The third-order valence-corrected chi connectivity index (χ3v) is 6.21. The van der Waals surface area contributed by atoms with Crippen molar-refractivity contribution in [2.24, 2.45) is 0 Å². The summed E-state index contributed by atoms with van der Waals surface area (Å²) in [7, 11) is -4.00. The van der Waals surface area contributed by atoms with Gasteiger partial charge in [0, 0.05) is 10.2 Å². The molecule has 3 aromatic carbocycles. The first kappa shape index (κ1) is 19.9. The van der Waals surface area contributed by atoms with E-state index in [1.165, 1.54) is 30.3 Å². The predicted octanol–water partition coefficient (Wildman–Crippen LogP) is 3.67. The van der Waals surface area contributed by atoms with Crippen LogP contribution in [0.5, 0.6) is 0 Å². The number of carbonyl (C=O) groups excluding carboxylic acids is 1. The number of aromatic amines is 2. The van der Waals surface area contributed by atoms with Gasteiger partial charge in [0.05, 0.1) is 27.2 Å². The first-order chi connectivity index (χ1) is 14.3. The second kappa shape index (κ2) is 7.81. The molecule has 152 valence electrons. The number of benzene rings is 3. The van der Waals surface area contributed by atoms with E-state index in [1.54, 1.807) is 36.4 Å². The van der Waals surface area contributed by atoms with Crippen LogP contribution in [-0.2, 0) is 10.0 Å². The van der Waals surface area contributed by atoms with Gasteiger partial charge in [0.15, 0.2) is 0 Å². The van der Waals surface area contributed by atoms with Crippen LogP contribution in [0.15, 0.2) is 80.9 Å². The first-order valence-corrected chi connectivity index (χ1v) is 11.0. The molecule has 0 bridgehead atoms. The lowest BCUT2D eigenvalue weighted by Gasteiger charge is -2.13. The summed E-state index contributed by atoms with van der Waals surface area (Å²) in [5.41, 5.74) is 1.30. The Hall–Kier alpha value is -3.37. The van der Waals surface area contributed by atoms with Crippen LogP contribution in [0, 0.1) is 0 Å². The summed E-state index contributed by atoms with van der Waals surface area (Å²) < 4.78 is 29.1. The zero-order valence-electron chi connectivity index (χ0n) is 15.3. The van der Waals surface area contributed by atoms with Gasteiger partial charge in [-0.1, -0.05) is 28.1 Å². The molecule has 0 aliphatic carbocycles. The van der Waals surface area contributed by atoms with E-state index in [0.717, 1.165) is 4.47 Å². The van der Waals surface area contributed by atoms with Crippen LogP contribution >= 0.6 is 15.9 Å². The SMILES string of the molecule is O=C(Nc1ccc(Br)cc1)c1ccccc1NS(=O)(=O)c1ccc2[nH]c(=O)[nH]c2c1. The van der Waals surface area contributed by atoms with Crippen LogP contribution in [0.25, 0.3) is 11.0 Å². The molecule has 1 heterocycles. The van der Waals surface area contributed by atoms with Crippen molar-refractivity contribution < 1.29 is 13.2 Å². The van der Waals surface area contributed by atoms with E-state index in [1.807, 2.05) is 0 Å². The van der Waals surface area contributed by atoms with Crippen molar-refractivity contribution in [2.75, 3.05) is 10.0 Å². The van der Waals surface area contributed by atoms with E-state index in [4.69, 9.17) is 0 Å². The van der Waals surface area contributed by atoms with Crippen LogP contribution in [0.3, 0.4) is 0 Å². The van der Waals surface area contributed by atoms with Crippen LogP contribution in [0.4, 0.5) is 11.4 Å². The molecule has 4 aromatic rings. The monoisotopic (exact) mass is 486 g/mol. The molecule has 1 amide bonds. The Morgan fingerprint density at radius 2 is 1.60 bits per heavy atom. The Kier molecular flexibility index (Phi) is 5.18. The summed E-state index contributed by atoms with van der Waals surface area (Å²) in [5, 5.41) is 2.74. The fourth-order valence-electron chi connectivity index (χ4n) is 2.88. The van der Waals surface area contributed by atoms with Gasteiger partial charge in [0.1, 0.15) is 0 Å². The summed E-state index contributed by atoms with van der Waals surface area (Å²) in [5.74, 6) is -0.457. The fourth-order valence-corrected chi connectivity index (χ4v) is 4.25. The lowest BCUT2D eigenvalue weighted by molar-refractivity contribution is 0.102. The summed E-state index contributed by atoms with van der Waals surface area (Å²) in [6.07, 6.45) is 0. The number of rotatable bonds is 5. The van der Waals surface area contributed by atoms with Crippen molar-refractivity contribution in [1.29, 1.82) is 0 Å². The summed E-state index contributed by atoms with van der Waals surface area (Å²) in [6, 6.07) is 17.5. The third kappa shape index (κ3) is 4.14. The van der Waals surface area contributed by atoms with Crippen molar-refractivity contribution in [3.05, 3.63) is 87.3 Å². The number of hydrogen-bond donors (Lipinski definition) is 4. The standard InChI is InChI=1S/C20H15BrN4O4S/c21-12-5-7-13(8-6-12)22-19(26)15-3-1-2-4-16(15)25-30(28,29)14-9-10-17-18(11-14)24-20(27)23-17/h1-11,25H,(H,22,26)(H2,23,24,27). The molecule has 0 saturated carbocycles. The average molecular weight is 487 g/mol. The number of nitrogens with one attached hydrogen (secondary N) is 4. The number of carbonyl (C=O) groups is 1. The molecule has 0 aliphatic rings. The van der Waals surface area contributed by atoms with E-state index < -0.39 is 21.6 Å². The number of imidazole rings is 1. The molecule has 0 spiro atoms. The normalized spacial score (nSPS) is 11.4. The average Bonchev–Trinajstić information content (AvgIpc) is 3.09. The Morgan fingerprint density at radius 3 is 2.37 bits per heavy atom. The van der Waals surface area contributed by atoms with Crippen molar-refractivity contribution in [3.8, 4) is 0 Å². The Morgan fingerprint density at radius 1 is 0.900 bits per heavy atom. The number of H-pyrrole nitrogens is 2. The quantitative estimate of drug-likeness (QED) is 0.343. The molecule has 0 fully saturated rings. The molecule has 1 aromatic heterocycles. The van der Waals surface area contributed by atoms with Crippen molar-refractivity contribution in [2.45, 2.75) is 4.90 Å². The van der Waals surface area contributed by atoms with Gasteiger partial charge in [-0.3, -0.25) is 9.52 Å². The van der Waals surface area contributed by atoms with Gasteiger partial charge in [0.2, 0.25) is 0 Å². The molecule has 0 unspecified atom stereocenters. The molecule has 10 heteroatoms. The van der Waals surface area contributed by atoms with Gasteiger partial charge >= 0.3 is 5.69 Å². The number of para-hydroxylation sites is 1. The number of amides is 1. The van der Waals surface area contributed by atoms with Gasteiger partial charge in [0.25, 0.3) is 15.9 Å². The number of hydrogen-bond acceptors (Lipinski definition) is 4. The van der Waals surface area contributed by atoms with Crippen LogP contribution in [0.2, 0.25) is 0 Å². The predicted molar refractivity (Wildman–Crippen MR) is 118 cm³/mol. The molecule has 0 radical (unpaired) electrons. The van der Waals surface area contributed by atoms with Gasteiger partial charge in [-0.2, -0.15) is 0 Å². The van der Waals surface area contributed by atoms with Crippen molar-refractivity contribution in [3.63, 3.8) is 0 Å². The van der Waals surface area contributed by atoms with Gasteiger partial charge in [-0.05, 0) is 54.6 Å². The van der Waals surface area contributed by atoms with Crippen LogP contribution in [-0.4, -0.2) is 24.3 Å². The first-order valence-electron chi connectivity index (χ1n) is 8.73. The van der Waals surface area contributed by atoms with Crippen molar-refractivity contribution in [1.82, 2.24) is 9.97 Å². The van der Waals surface area contributed by atoms with E-state index in [0.29, 0.717) is 16.7 Å². The number of aromatic nitrogens is 2. The second-order valence-corrected chi connectivity index (χ2v) is 9.00. The highest BCUT2D eigenvalue weighted by atomic mass is 79.9. The van der Waals surface area contributed by atoms with Gasteiger partial charge < -0.3 is 15.3 Å². The Bertz CT molecular complexity index is 1410. The molecule has 0 aliphatic heterocycles. The molecule has 0 saturated heterocycles. The van der Waals surface area contributed by atoms with Crippen molar-refractivity contribution >= 4 is 54.3 Å². The molecule has 4 rings (SSSR count). The fraction of sp³-hybridized carbons (Fsp3) is 0. The van der Waals surface area contributed by atoms with E-state index in [9.17, 15) is 18.0 Å². The summed E-state index contributed by atoms with van der Waals surface area (Å²) in [4.78, 5) is 29.2. The minimum Gasteiger partial charge on any atom is -0.322 e. The summed E-state index contributed by atoms with van der Waals surface area (Å²) in [6.45, 7) is 0. The molecule has 8 nitrogen and oxygen atoms in total. The number of halogens is 1. The van der Waals surface area contributed by atoms with Gasteiger partial charge in [-0.15, -0.1) is 0 Å². The molecular formula is C20H15BrN4O4S. The highest BCUT2D eigenvalue weighted by Crippen LogP contribution is 2.23. The third-order valence-electron chi connectivity index (χ3n) is 4.32. The summed E-state index contributed by atoms with van der Waals surface area (Å²) >= 11 is 3.33. The number of sulfonamides is 1. The lowest BCUT2D eigenvalue weighted by Crippen LogP contribution is -2.18. The Labute approximate surface area is 179 Å². The molecular weight excluding hydrogens is 472 g/mol. The van der Waals surface area contributed by atoms with Gasteiger partial charge in [-0.25, -0.2) is 13.2 Å². The number of anilines is 2. The zero-order chi connectivity index (χ0) is 21.3. The molecule has 4 N–H and O–H groups in total. The van der Waals surface area contributed by atoms with Crippen LogP contribution in [0.1, 0.15) is 10.4 Å². The van der Waals surface area contributed by atoms with Crippen LogP contribution < -0.4 is 15.7 Å². The Balaban J connectivity index is 1.63. The molecule has 30 heavy (non-hydrogen) atoms. The minimum absolute atomic E-state index is 0.0478. The van der Waals surface area contributed by atoms with E-state index in [-0.39, 0.29) is 16.1 Å². The number of fused-ring (bicyclic) bond motifs is 1. The maximum absolute atomic E-state index is 12.9. The largest absolute Gasteiger partial charge is 0.323 e. The maximum Gasteiger partial charge on any atom is 0.323 e. The smallest absolute Gasteiger partial charge is 0.322 e. The maximum atomic E-state index is 12.9. The lowest BCUT2D eigenvalue weighted by atomic mass is 10.1. The van der Waals surface area contributed by atoms with E-state index in [2.05, 4.69) is 35.9 Å². The molecule has 0 atom stereocenters. The minimum atomic E-state index is -4.00. The highest BCUT2D eigenvalue weighted by Gasteiger charge is 2.19. The van der Waals surface area contributed by atoms with E-state index >= 15 is 0 Å².